The quantitative estimate of drug-likeness (QED) is 0.226. The van der Waals surface area contributed by atoms with Crippen LogP contribution in [0.1, 0.15) is 43.1 Å². The minimum atomic E-state index is -3.25. The maximum absolute atomic E-state index is 12.9. The molecule has 0 radical (unpaired) electrons. The number of carbonyl (C=O) groups is 2. The predicted molar refractivity (Wildman–Crippen MR) is 137 cm³/mol. The number of phenols is 1. The molecule has 0 aliphatic heterocycles. The van der Waals surface area contributed by atoms with E-state index >= 15 is 0 Å². The van der Waals surface area contributed by atoms with E-state index in [0.29, 0.717) is 26.7 Å². The molecule has 34 heavy (non-hydrogen) atoms. The first-order chi connectivity index (χ1) is 15.8. The van der Waals surface area contributed by atoms with Gasteiger partial charge in [-0.2, -0.15) is 0 Å². The first kappa shape index (κ1) is 28.4. The van der Waals surface area contributed by atoms with E-state index in [0.717, 1.165) is 0 Å². The molecule has 2 aromatic rings. The van der Waals surface area contributed by atoms with E-state index in [-0.39, 0.29) is 35.7 Å². The zero-order chi connectivity index (χ0) is 25.6. The van der Waals surface area contributed by atoms with E-state index in [1.807, 2.05) is 13.8 Å². The average Bonchev–Trinajstić information content (AvgIpc) is 2.70. The van der Waals surface area contributed by atoms with Crippen LogP contribution in [-0.2, 0) is 20.3 Å². The largest absolute Gasteiger partial charge is 0.507 e. The molecule has 0 heterocycles. The average molecular weight is 621 g/mol. The molecule has 2 atom stereocenters. The third-order valence-corrected chi connectivity index (χ3v) is 6.68. The molecule has 2 aromatic carbocycles. The zero-order valence-electron chi connectivity index (χ0n) is 19.3. The number of nitrogens with one attached hydrogen (secondary N) is 1. The van der Waals surface area contributed by atoms with E-state index < -0.39 is 25.3 Å². The maximum atomic E-state index is 12.9. The van der Waals surface area contributed by atoms with Crippen LogP contribution in [0.15, 0.2) is 39.3 Å². The van der Waals surface area contributed by atoms with Gasteiger partial charge in [0.25, 0.3) is 5.91 Å². The van der Waals surface area contributed by atoms with E-state index in [2.05, 4.69) is 37.2 Å². The van der Waals surface area contributed by atoms with Crippen molar-refractivity contribution in [3.8, 4) is 17.2 Å². The molecular formula is C23H28Br2NO7P. The van der Waals surface area contributed by atoms with Crippen molar-refractivity contribution >= 4 is 51.1 Å². The molecule has 0 aliphatic carbocycles. The zero-order valence-corrected chi connectivity index (χ0v) is 23.4. The molecule has 1 amide bonds. The van der Waals surface area contributed by atoms with Crippen molar-refractivity contribution in [3.63, 3.8) is 0 Å². The lowest BCUT2D eigenvalue weighted by Crippen LogP contribution is -2.42. The molecule has 2 rings (SSSR count). The highest BCUT2D eigenvalue weighted by molar-refractivity contribution is 9.11. The highest BCUT2D eigenvalue weighted by atomic mass is 79.9. The van der Waals surface area contributed by atoms with E-state index in [1.54, 1.807) is 19.1 Å². The Bertz CT molecular complexity index is 1080. The van der Waals surface area contributed by atoms with Gasteiger partial charge in [0.05, 0.1) is 21.1 Å². The lowest BCUT2D eigenvalue weighted by Gasteiger charge is -2.19. The van der Waals surface area contributed by atoms with Gasteiger partial charge in [-0.3, -0.25) is 9.36 Å². The summed E-state index contributed by atoms with van der Waals surface area (Å²) in [6, 6.07) is 6.68. The smallest absolute Gasteiger partial charge is 0.328 e. The minimum Gasteiger partial charge on any atom is -0.507 e. The standard InChI is InChI=1S/C23H28Br2NO7P/c1-5-32-23(29)19(8-13(2)3)26-22(28)16-11-15(6-7-20(16)27)33-21-17(24)9-14(10-18(21)25)12-34(4,30)31/h6-7,9-11,13,19,27H,5,8,12H2,1-4H3,(H,26,28)(H,30,31). The van der Waals surface area contributed by atoms with Crippen LogP contribution in [0.3, 0.4) is 0 Å². The Hall–Kier alpha value is -1.87. The van der Waals surface area contributed by atoms with Crippen LogP contribution >= 0.6 is 39.2 Å². The number of phenolic OH excluding ortho intramolecular Hbond substituents is 1. The Balaban J connectivity index is 2.28. The monoisotopic (exact) mass is 619 g/mol. The van der Waals surface area contributed by atoms with E-state index in [9.17, 15) is 24.2 Å². The Morgan fingerprint density at radius 2 is 1.76 bits per heavy atom. The molecule has 0 fully saturated rings. The van der Waals surface area contributed by atoms with Gasteiger partial charge in [0, 0.05) is 12.8 Å². The summed E-state index contributed by atoms with van der Waals surface area (Å²) in [6.45, 7) is 7.01. The normalized spacial score (nSPS) is 13.8. The summed E-state index contributed by atoms with van der Waals surface area (Å²) in [5.41, 5.74) is 0.576. The number of rotatable bonds is 10. The van der Waals surface area contributed by atoms with Crippen LogP contribution in [0.5, 0.6) is 17.2 Å². The van der Waals surface area contributed by atoms with Gasteiger partial charge in [-0.05, 0) is 87.0 Å². The summed E-state index contributed by atoms with van der Waals surface area (Å²) in [7, 11) is -3.25. The fraction of sp³-hybridized carbons (Fsp3) is 0.391. The van der Waals surface area contributed by atoms with Crippen LogP contribution in [0.25, 0.3) is 0 Å². The third-order valence-electron chi connectivity index (χ3n) is 4.55. The van der Waals surface area contributed by atoms with Gasteiger partial charge in [-0.15, -0.1) is 0 Å². The molecule has 0 saturated heterocycles. The second-order valence-corrected chi connectivity index (χ2v) is 12.4. The van der Waals surface area contributed by atoms with Crippen LogP contribution in [-0.4, -0.2) is 41.2 Å². The first-order valence-electron chi connectivity index (χ1n) is 10.6. The second-order valence-electron chi connectivity index (χ2n) is 8.29. The van der Waals surface area contributed by atoms with Crippen LogP contribution in [0.4, 0.5) is 0 Å². The van der Waals surface area contributed by atoms with Crippen molar-refractivity contribution in [1.82, 2.24) is 5.32 Å². The van der Waals surface area contributed by atoms with Crippen molar-refractivity contribution in [2.45, 2.75) is 39.4 Å². The number of hydrogen-bond acceptors (Lipinski definition) is 6. The molecule has 2 unspecified atom stereocenters. The number of halogens is 2. The van der Waals surface area contributed by atoms with Crippen LogP contribution < -0.4 is 10.1 Å². The van der Waals surface area contributed by atoms with Crippen molar-refractivity contribution in [2.24, 2.45) is 5.92 Å². The summed E-state index contributed by atoms with van der Waals surface area (Å²) in [4.78, 5) is 34.8. The SMILES string of the molecule is CCOC(=O)C(CC(C)C)NC(=O)c1cc(Oc2c(Br)cc(CP(C)(=O)O)cc2Br)ccc1O. The third kappa shape index (κ3) is 8.41. The van der Waals surface area contributed by atoms with Crippen molar-refractivity contribution < 1.29 is 33.6 Å². The predicted octanol–water partition coefficient (Wildman–Crippen LogP) is 5.82. The van der Waals surface area contributed by atoms with Crippen molar-refractivity contribution in [1.29, 1.82) is 0 Å². The fourth-order valence-electron chi connectivity index (χ4n) is 3.18. The molecular weight excluding hydrogens is 593 g/mol. The summed E-state index contributed by atoms with van der Waals surface area (Å²) < 4.78 is 23.8. The van der Waals surface area contributed by atoms with Gasteiger partial charge in [-0.25, -0.2) is 4.79 Å². The molecule has 186 valence electrons. The highest BCUT2D eigenvalue weighted by Gasteiger charge is 2.25. The maximum Gasteiger partial charge on any atom is 0.328 e. The highest BCUT2D eigenvalue weighted by Crippen LogP contribution is 2.44. The van der Waals surface area contributed by atoms with E-state index in [4.69, 9.17) is 9.47 Å². The Morgan fingerprint density at radius 1 is 1.15 bits per heavy atom. The Morgan fingerprint density at radius 3 is 2.29 bits per heavy atom. The number of benzene rings is 2. The molecule has 0 spiro atoms. The molecule has 3 N–H and O–H groups in total. The summed E-state index contributed by atoms with van der Waals surface area (Å²) >= 11 is 6.81. The Labute approximate surface area is 215 Å². The molecule has 0 aromatic heterocycles. The molecule has 8 nitrogen and oxygen atoms in total. The van der Waals surface area contributed by atoms with Crippen molar-refractivity contribution in [2.75, 3.05) is 13.3 Å². The number of esters is 1. The lowest BCUT2D eigenvalue weighted by molar-refractivity contribution is -0.145. The molecule has 0 bridgehead atoms. The number of hydrogen-bond donors (Lipinski definition) is 3. The van der Waals surface area contributed by atoms with Gasteiger partial charge in [0.2, 0.25) is 7.37 Å². The molecule has 0 saturated carbocycles. The van der Waals surface area contributed by atoms with E-state index in [1.165, 1.54) is 24.9 Å². The summed E-state index contributed by atoms with van der Waals surface area (Å²) in [5, 5.41) is 12.9. The Kier molecular flexibility index (Phi) is 10.2. The van der Waals surface area contributed by atoms with Gasteiger partial charge < -0.3 is 24.8 Å². The lowest BCUT2D eigenvalue weighted by atomic mass is 10.0. The summed E-state index contributed by atoms with van der Waals surface area (Å²) in [5.74, 6) is -0.679. The molecule has 11 heteroatoms. The summed E-state index contributed by atoms with van der Waals surface area (Å²) in [6.07, 6.45) is 0.387. The number of carbonyl (C=O) groups excluding carboxylic acids is 2. The van der Waals surface area contributed by atoms with Crippen LogP contribution in [0.2, 0.25) is 0 Å². The number of ether oxygens (including phenoxy) is 2. The first-order valence-corrected chi connectivity index (χ1v) is 14.4. The van der Waals surface area contributed by atoms with Crippen molar-refractivity contribution in [3.05, 3.63) is 50.4 Å². The minimum absolute atomic E-state index is 0.00597. The fourth-order valence-corrected chi connectivity index (χ4v) is 5.49. The number of aromatic hydroxyl groups is 1. The van der Waals surface area contributed by atoms with Gasteiger partial charge in [0.1, 0.15) is 17.5 Å². The number of amides is 1. The van der Waals surface area contributed by atoms with Crippen LogP contribution in [0, 0.1) is 5.92 Å². The van der Waals surface area contributed by atoms with Gasteiger partial charge >= 0.3 is 5.97 Å². The van der Waals surface area contributed by atoms with Gasteiger partial charge in [0.15, 0.2) is 5.75 Å². The second kappa shape index (κ2) is 12.2. The topological polar surface area (TPSA) is 122 Å². The molecule has 0 aliphatic rings. The van der Waals surface area contributed by atoms with Gasteiger partial charge in [-0.1, -0.05) is 13.8 Å².